The van der Waals surface area contributed by atoms with Crippen LogP contribution in [0.25, 0.3) is 0 Å². The third kappa shape index (κ3) is 5.60. The molecule has 0 spiro atoms. The maximum Gasteiger partial charge on any atom is 0.236 e. The Morgan fingerprint density at radius 3 is 2.15 bits per heavy atom. The lowest BCUT2D eigenvalue weighted by atomic mass is 10.1. The summed E-state index contributed by atoms with van der Waals surface area (Å²) in [4.78, 5) is 11.2. The van der Waals surface area contributed by atoms with E-state index < -0.39 is 5.54 Å². The monoisotopic (exact) mass is 187 g/mol. The first-order valence-corrected chi connectivity index (χ1v) is 4.47. The van der Waals surface area contributed by atoms with E-state index in [0.29, 0.717) is 0 Å². The van der Waals surface area contributed by atoms with Gasteiger partial charge in [-0.1, -0.05) is 0 Å². The molecule has 4 nitrogen and oxygen atoms in total. The van der Waals surface area contributed by atoms with E-state index in [-0.39, 0.29) is 18.5 Å². The van der Waals surface area contributed by atoms with Gasteiger partial charge in [0.05, 0.1) is 0 Å². The molecule has 1 amide bonds. The molecule has 0 heterocycles. The summed E-state index contributed by atoms with van der Waals surface area (Å²) in [5, 5.41) is 14.8. The second-order valence-corrected chi connectivity index (χ2v) is 4.43. The standard InChI is InChI=1S/C9H19N2O2/c1-7(2)10-8(12)6-11(13)9(3,4)5/h7H,6H2,1-5H3,(H,10,12). The zero-order valence-electron chi connectivity index (χ0n) is 9.05. The van der Waals surface area contributed by atoms with Gasteiger partial charge in [-0.2, -0.15) is 0 Å². The van der Waals surface area contributed by atoms with E-state index in [1.54, 1.807) is 20.8 Å². The molecule has 0 unspecified atom stereocenters. The fraction of sp³-hybridized carbons (Fsp3) is 0.889. The number of nitrogens with one attached hydrogen (secondary N) is 1. The van der Waals surface area contributed by atoms with E-state index in [1.165, 1.54) is 0 Å². The summed E-state index contributed by atoms with van der Waals surface area (Å²) < 4.78 is 0. The van der Waals surface area contributed by atoms with E-state index >= 15 is 0 Å². The van der Waals surface area contributed by atoms with Gasteiger partial charge in [0.2, 0.25) is 5.91 Å². The van der Waals surface area contributed by atoms with Crippen molar-refractivity contribution in [1.82, 2.24) is 10.4 Å². The van der Waals surface area contributed by atoms with Gasteiger partial charge in [0.15, 0.2) is 0 Å². The number of carbonyl (C=O) groups is 1. The Labute approximate surface area is 79.9 Å². The number of amides is 1. The van der Waals surface area contributed by atoms with Crippen LogP contribution >= 0.6 is 0 Å². The van der Waals surface area contributed by atoms with E-state index in [4.69, 9.17) is 0 Å². The van der Waals surface area contributed by atoms with E-state index in [9.17, 15) is 10.0 Å². The minimum atomic E-state index is -0.506. The van der Waals surface area contributed by atoms with Gasteiger partial charge >= 0.3 is 0 Å². The van der Waals surface area contributed by atoms with E-state index in [0.717, 1.165) is 5.06 Å². The maximum absolute atomic E-state index is 11.3. The first-order valence-electron chi connectivity index (χ1n) is 4.47. The molecule has 0 aromatic carbocycles. The van der Waals surface area contributed by atoms with Crippen molar-refractivity contribution in [2.75, 3.05) is 6.54 Å². The summed E-state index contributed by atoms with van der Waals surface area (Å²) in [5.41, 5.74) is -0.506. The number of nitrogens with zero attached hydrogens (tertiary/aromatic N) is 1. The Hall–Kier alpha value is -0.610. The van der Waals surface area contributed by atoms with Crippen molar-refractivity contribution in [1.29, 1.82) is 0 Å². The molecule has 1 N–H and O–H groups in total. The third-order valence-electron chi connectivity index (χ3n) is 1.49. The summed E-state index contributed by atoms with van der Waals surface area (Å²) in [7, 11) is 0. The van der Waals surface area contributed by atoms with E-state index in [1.807, 2.05) is 13.8 Å². The lowest BCUT2D eigenvalue weighted by Crippen LogP contribution is -2.45. The molecule has 0 fully saturated rings. The van der Waals surface area contributed by atoms with Crippen molar-refractivity contribution in [3.05, 3.63) is 0 Å². The Bertz CT molecular complexity index is 173. The van der Waals surface area contributed by atoms with Crippen LogP contribution in [0.5, 0.6) is 0 Å². The lowest BCUT2D eigenvalue weighted by Gasteiger charge is -2.26. The van der Waals surface area contributed by atoms with Crippen molar-refractivity contribution in [3.63, 3.8) is 0 Å². The van der Waals surface area contributed by atoms with Gasteiger partial charge in [-0.05, 0) is 34.6 Å². The largest absolute Gasteiger partial charge is 0.353 e. The van der Waals surface area contributed by atoms with Gasteiger partial charge in [0, 0.05) is 11.6 Å². The number of hydrogen-bond donors (Lipinski definition) is 1. The second-order valence-electron chi connectivity index (χ2n) is 4.43. The molecule has 0 rings (SSSR count). The second kappa shape index (κ2) is 4.58. The Morgan fingerprint density at radius 2 is 1.85 bits per heavy atom. The smallest absolute Gasteiger partial charge is 0.236 e. The van der Waals surface area contributed by atoms with Crippen LogP contribution in [-0.2, 0) is 10.0 Å². The van der Waals surface area contributed by atoms with Gasteiger partial charge in [-0.3, -0.25) is 4.79 Å². The number of hydroxylamine groups is 2. The SMILES string of the molecule is CC(C)NC(=O)CN([O])C(C)(C)C. The summed E-state index contributed by atoms with van der Waals surface area (Å²) in [6.45, 7) is 8.98. The summed E-state index contributed by atoms with van der Waals surface area (Å²) in [5.74, 6) is -0.222. The quantitative estimate of drug-likeness (QED) is 0.669. The number of rotatable bonds is 3. The van der Waals surface area contributed by atoms with Gasteiger partial charge in [-0.15, -0.1) is 10.3 Å². The van der Waals surface area contributed by atoms with Crippen LogP contribution in [0.2, 0.25) is 0 Å². The molecule has 77 valence electrons. The highest BCUT2D eigenvalue weighted by Gasteiger charge is 2.23. The van der Waals surface area contributed by atoms with Crippen LogP contribution in [0.1, 0.15) is 34.6 Å². The van der Waals surface area contributed by atoms with Gasteiger partial charge in [-0.25, -0.2) is 0 Å². The minimum absolute atomic E-state index is 0.0841. The van der Waals surface area contributed by atoms with E-state index in [2.05, 4.69) is 5.32 Å². The Balaban J connectivity index is 3.93. The van der Waals surface area contributed by atoms with Gasteiger partial charge in [0.25, 0.3) is 0 Å². The van der Waals surface area contributed by atoms with Crippen LogP contribution < -0.4 is 5.32 Å². The Morgan fingerprint density at radius 1 is 1.38 bits per heavy atom. The van der Waals surface area contributed by atoms with Crippen LogP contribution in [0.15, 0.2) is 0 Å². The highest BCUT2D eigenvalue weighted by Crippen LogP contribution is 2.09. The molecule has 1 radical (unpaired) electrons. The molecule has 0 saturated heterocycles. The normalized spacial score (nSPS) is 12.3. The van der Waals surface area contributed by atoms with Crippen molar-refractivity contribution in [2.45, 2.75) is 46.2 Å². The first-order chi connectivity index (χ1) is 5.73. The average Bonchev–Trinajstić information content (AvgIpc) is 1.82. The fourth-order valence-electron chi connectivity index (χ4n) is 0.735. The molecule has 0 aromatic heterocycles. The topological polar surface area (TPSA) is 52.2 Å². The first kappa shape index (κ1) is 12.4. The third-order valence-corrected chi connectivity index (χ3v) is 1.49. The molecule has 0 bridgehead atoms. The van der Waals surface area contributed by atoms with Crippen LogP contribution in [0.3, 0.4) is 0 Å². The molecule has 4 heteroatoms. The fourth-order valence-corrected chi connectivity index (χ4v) is 0.735. The molecule has 0 saturated carbocycles. The van der Waals surface area contributed by atoms with Crippen molar-refractivity contribution in [2.24, 2.45) is 0 Å². The molecule has 0 aliphatic carbocycles. The summed E-state index contributed by atoms with van der Waals surface area (Å²) in [6.07, 6.45) is 0. The van der Waals surface area contributed by atoms with Crippen molar-refractivity contribution in [3.8, 4) is 0 Å². The predicted octanol–water partition coefficient (Wildman–Crippen LogP) is 0.957. The molecular weight excluding hydrogens is 168 g/mol. The predicted molar refractivity (Wildman–Crippen MR) is 50.4 cm³/mol. The molecule has 0 aliphatic heterocycles. The van der Waals surface area contributed by atoms with Crippen LogP contribution in [0.4, 0.5) is 0 Å². The minimum Gasteiger partial charge on any atom is -0.353 e. The zero-order chi connectivity index (χ0) is 10.6. The average molecular weight is 187 g/mol. The molecule has 0 atom stereocenters. The molecular formula is C9H19N2O2. The van der Waals surface area contributed by atoms with Crippen molar-refractivity contribution >= 4 is 5.91 Å². The highest BCUT2D eigenvalue weighted by atomic mass is 16.5. The molecule has 0 aromatic rings. The number of carbonyl (C=O) groups excluding carboxylic acids is 1. The summed E-state index contributed by atoms with van der Waals surface area (Å²) in [6, 6.07) is 0.0841. The highest BCUT2D eigenvalue weighted by molar-refractivity contribution is 5.78. The summed E-state index contributed by atoms with van der Waals surface area (Å²) >= 11 is 0. The van der Waals surface area contributed by atoms with Crippen molar-refractivity contribution < 1.29 is 10.0 Å². The maximum atomic E-state index is 11.3. The van der Waals surface area contributed by atoms with Gasteiger partial charge in [0.1, 0.15) is 6.54 Å². The Kier molecular flexibility index (Phi) is 4.36. The number of hydrogen-bond acceptors (Lipinski definition) is 2. The van der Waals surface area contributed by atoms with Crippen LogP contribution in [-0.4, -0.2) is 29.1 Å². The molecule has 13 heavy (non-hydrogen) atoms. The van der Waals surface area contributed by atoms with Crippen LogP contribution in [0, 0.1) is 0 Å². The molecule has 0 aliphatic rings. The lowest BCUT2D eigenvalue weighted by molar-refractivity contribution is -0.211. The zero-order valence-corrected chi connectivity index (χ0v) is 9.05. The van der Waals surface area contributed by atoms with Gasteiger partial charge < -0.3 is 5.32 Å².